The van der Waals surface area contributed by atoms with E-state index in [9.17, 15) is 24.0 Å². The van der Waals surface area contributed by atoms with Gasteiger partial charge in [0, 0.05) is 56.4 Å². The number of carboxylic acid groups (broad SMARTS) is 1. The molecule has 3 rings (SSSR count). The van der Waals surface area contributed by atoms with Gasteiger partial charge in [-0.15, -0.1) is 0 Å². The first-order valence-corrected chi connectivity index (χ1v) is 34.1. The number of benzene rings is 3. The number of nitrogens with one attached hydrogen (secondary N) is 3. The molecule has 0 unspecified atom stereocenters. The van der Waals surface area contributed by atoms with Crippen molar-refractivity contribution < 1.29 is 48.0 Å². The summed E-state index contributed by atoms with van der Waals surface area (Å²) in [5.41, 5.74) is 15.5. The molecule has 15 heteroatoms. The summed E-state index contributed by atoms with van der Waals surface area (Å²) in [7, 11) is 0. The van der Waals surface area contributed by atoms with E-state index in [0.29, 0.717) is 78.2 Å². The lowest BCUT2D eigenvalue weighted by atomic mass is 9.87. The van der Waals surface area contributed by atoms with Gasteiger partial charge in [0.2, 0.25) is 11.8 Å². The number of allylic oxidation sites excluding steroid dienone is 12. The molecule has 0 spiro atoms. The van der Waals surface area contributed by atoms with Crippen LogP contribution in [0.1, 0.15) is 205 Å². The fraction of sp³-hybridized carbons (Fsp3) is 0.557. The average molecular weight is 1300 g/mol. The van der Waals surface area contributed by atoms with Gasteiger partial charge in [-0.2, -0.15) is 0 Å². The van der Waals surface area contributed by atoms with Gasteiger partial charge in [-0.25, -0.2) is 4.79 Å². The Bertz CT molecular complexity index is 2820. The zero-order valence-electron chi connectivity index (χ0n) is 60.9. The molecule has 0 saturated heterocycles. The lowest BCUT2D eigenvalue weighted by Gasteiger charge is -2.23. The van der Waals surface area contributed by atoms with Crippen LogP contribution in [0.3, 0.4) is 0 Å². The van der Waals surface area contributed by atoms with Crippen LogP contribution in [0.2, 0.25) is 0 Å². The number of carboxylic acids is 1. The summed E-state index contributed by atoms with van der Waals surface area (Å²) in [5.74, 6) is 2.33. The predicted octanol–water partition coefficient (Wildman–Crippen LogP) is 17.0. The molecule has 15 nitrogen and oxygen atoms in total. The first-order valence-electron chi connectivity index (χ1n) is 34.1. The topological polar surface area (TPSA) is 231 Å². The number of carbonyl (C=O) groups excluding carboxylic acids is 4. The van der Waals surface area contributed by atoms with Gasteiger partial charge in [0.05, 0.1) is 25.2 Å². The van der Waals surface area contributed by atoms with E-state index in [1.807, 2.05) is 88.3 Å². The lowest BCUT2D eigenvalue weighted by molar-refractivity contribution is -0.147. The molecule has 0 saturated carbocycles. The third kappa shape index (κ3) is 45.2. The molecule has 0 aromatic heterocycles. The minimum Gasteiger partial charge on any atom is -0.493 e. The summed E-state index contributed by atoms with van der Waals surface area (Å²) in [6, 6.07) is 18.5. The van der Waals surface area contributed by atoms with Crippen molar-refractivity contribution in [3.63, 3.8) is 0 Å². The van der Waals surface area contributed by atoms with Crippen LogP contribution in [0.4, 0.5) is 4.79 Å². The third-order valence-corrected chi connectivity index (χ3v) is 14.8. The molecule has 0 heterocycles. The summed E-state index contributed by atoms with van der Waals surface area (Å²) < 4.78 is 22.4. The fourth-order valence-electron chi connectivity index (χ4n) is 8.66. The number of aliphatic carboxylic acids is 1. The molecule has 0 fully saturated rings. The van der Waals surface area contributed by atoms with E-state index in [1.165, 1.54) is 16.7 Å². The summed E-state index contributed by atoms with van der Waals surface area (Å²) in [6.07, 6.45) is 38.8. The number of ketones is 1. The van der Waals surface area contributed by atoms with Crippen LogP contribution in [-0.4, -0.2) is 92.9 Å². The normalized spacial score (nSPS) is 11.9. The van der Waals surface area contributed by atoms with Crippen molar-refractivity contribution in [2.24, 2.45) is 27.7 Å². The van der Waals surface area contributed by atoms with Crippen molar-refractivity contribution in [1.29, 1.82) is 0 Å². The van der Waals surface area contributed by atoms with E-state index in [1.54, 1.807) is 13.8 Å². The van der Waals surface area contributed by atoms with Gasteiger partial charge < -0.3 is 51.5 Å². The first-order chi connectivity index (χ1) is 44.4. The predicted molar refractivity (Wildman–Crippen MR) is 391 cm³/mol. The number of hydrogen-bond acceptors (Lipinski definition) is 11. The van der Waals surface area contributed by atoms with Gasteiger partial charge in [-0.1, -0.05) is 144 Å². The quantitative estimate of drug-likeness (QED) is 0.0231. The molecular formula is C79H125N5O10. The summed E-state index contributed by atoms with van der Waals surface area (Å²) >= 11 is 0. The number of rotatable bonds is 40. The van der Waals surface area contributed by atoms with Gasteiger partial charge in [0.25, 0.3) is 0 Å². The van der Waals surface area contributed by atoms with Crippen LogP contribution >= 0.6 is 0 Å². The van der Waals surface area contributed by atoms with Crippen LogP contribution < -0.4 is 41.6 Å². The van der Waals surface area contributed by atoms with E-state index in [0.717, 1.165) is 111 Å². The highest BCUT2D eigenvalue weighted by molar-refractivity contribution is 5.82. The number of hydrogen-bond donors (Lipinski definition) is 6. The molecule has 0 aliphatic rings. The molecular weight excluding hydrogens is 1180 g/mol. The summed E-state index contributed by atoms with van der Waals surface area (Å²) in [4.78, 5) is 58.6. The third-order valence-electron chi connectivity index (χ3n) is 14.8. The standard InChI is InChI=1S/C40H59NO3.C17H28N2O2.C15H22O3.C7H16N2O2/c1-6-7-8-9-10-11-12-13-14-15-16-17-18-19-20-21-22-23-24-27-37(42)28-25-32-41-39(43)40(4,5)31-26-33-44-38-34-35(2)29-30-36(38)3;1-13-6-7-14(2)15(12-13)21-11-5-8-17(3,4)16(20)19-10-9-18;1-11-6-7-12(2)13(10-11)18-9-5-8-15(3,4)14(16)17;1-7(2,3)11-6(10)9-5-4-8/h7-8,10-11,13-14,16-17,19-20,22-23,29-30,34H,6,9,12,15,18,21,24-28,31-33H2,1-5H3,(H,41,43);6-7,12H,5,8-11,18H2,1-4H3,(H,19,20);6-7,10H,5,8-9H2,1-4H3,(H,16,17);4-5,8H2,1-3H3,(H,9,10)/b8-7-,11-10-,14-13-,17-16-,20-19-,23-22-;;;. The second-order valence-electron chi connectivity index (χ2n) is 26.7. The van der Waals surface area contributed by atoms with Gasteiger partial charge >= 0.3 is 12.1 Å². The Morgan fingerprint density at radius 1 is 0.447 bits per heavy atom. The zero-order valence-corrected chi connectivity index (χ0v) is 60.9. The van der Waals surface area contributed by atoms with E-state index in [2.05, 4.69) is 152 Å². The van der Waals surface area contributed by atoms with Crippen molar-refractivity contribution in [2.45, 2.75) is 219 Å². The number of Topliss-reactive ketones (excluding diaryl/α,β-unsaturated/α-hetero) is 1. The SMILES string of the molecule is CC(C)(C)OC(=O)NCCN.CC/C=C\C/C=C\C/C=C\C/C=C\C/C=C\C/C=C\CCC(=O)CCCNC(=O)C(C)(C)CCCOc1cc(C)ccc1C.Cc1ccc(C)c(OCCCC(C)(C)C(=O)NCCN)c1.Cc1ccc(C)c(OCCCC(C)(C)C(=O)O)c1. The molecule has 3 aromatic carbocycles. The Hall–Kier alpha value is -7.23. The smallest absolute Gasteiger partial charge is 0.407 e. The largest absolute Gasteiger partial charge is 0.493 e. The molecule has 3 aromatic rings. The number of alkyl carbamates (subject to hydrolysis) is 1. The second-order valence-corrected chi connectivity index (χ2v) is 26.7. The number of amides is 3. The van der Waals surface area contributed by atoms with E-state index < -0.39 is 28.5 Å². The molecule has 0 aliphatic carbocycles. The van der Waals surface area contributed by atoms with Crippen molar-refractivity contribution in [3.8, 4) is 17.2 Å². The Morgan fingerprint density at radius 3 is 1.14 bits per heavy atom. The first kappa shape index (κ1) is 86.8. The fourth-order valence-corrected chi connectivity index (χ4v) is 8.66. The van der Waals surface area contributed by atoms with Crippen LogP contribution in [0.5, 0.6) is 17.2 Å². The van der Waals surface area contributed by atoms with Crippen LogP contribution in [0.25, 0.3) is 0 Å². The number of aryl methyl sites for hydroxylation is 6. The van der Waals surface area contributed by atoms with Gasteiger partial charge in [0.15, 0.2) is 0 Å². The molecule has 0 aliphatic heterocycles. The van der Waals surface area contributed by atoms with Crippen LogP contribution in [-0.2, 0) is 23.9 Å². The van der Waals surface area contributed by atoms with Gasteiger partial charge in [0.1, 0.15) is 28.6 Å². The van der Waals surface area contributed by atoms with Crippen LogP contribution in [0, 0.1) is 57.8 Å². The Balaban J connectivity index is 0.00000142. The Kier molecular flexibility index (Phi) is 46.4. The summed E-state index contributed by atoms with van der Waals surface area (Å²) in [6.45, 7) is 35.3. The molecule has 0 bridgehead atoms. The lowest BCUT2D eigenvalue weighted by Crippen LogP contribution is -2.39. The maximum atomic E-state index is 12.7. The number of carbonyl (C=O) groups is 5. The monoisotopic (exact) mass is 1300 g/mol. The molecule has 94 heavy (non-hydrogen) atoms. The van der Waals surface area contributed by atoms with E-state index in [4.69, 9.17) is 35.5 Å². The van der Waals surface area contributed by atoms with Gasteiger partial charge in [-0.05, 0) is 218 Å². The highest BCUT2D eigenvalue weighted by atomic mass is 16.6. The van der Waals surface area contributed by atoms with Crippen molar-refractivity contribution in [3.05, 3.63) is 161 Å². The number of nitrogens with two attached hydrogens (primary N) is 2. The minimum absolute atomic E-state index is 0.0367. The zero-order chi connectivity index (χ0) is 70.9. The molecule has 526 valence electrons. The second kappa shape index (κ2) is 50.2. The molecule has 8 N–H and O–H groups in total. The molecule has 0 radical (unpaired) electrons. The maximum Gasteiger partial charge on any atom is 0.407 e. The van der Waals surface area contributed by atoms with Gasteiger partial charge in [-0.3, -0.25) is 19.2 Å². The number of ether oxygens (including phenoxy) is 4. The minimum atomic E-state index is -0.755. The van der Waals surface area contributed by atoms with Crippen molar-refractivity contribution in [2.75, 3.05) is 52.5 Å². The van der Waals surface area contributed by atoms with Crippen molar-refractivity contribution in [1.82, 2.24) is 16.0 Å². The van der Waals surface area contributed by atoms with E-state index >= 15 is 0 Å². The molecule has 3 amide bonds. The Labute approximate surface area is 568 Å². The molecule has 0 atom stereocenters. The van der Waals surface area contributed by atoms with Crippen molar-refractivity contribution >= 4 is 29.7 Å². The van der Waals surface area contributed by atoms with E-state index in [-0.39, 0.29) is 23.0 Å². The highest BCUT2D eigenvalue weighted by Crippen LogP contribution is 2.27. The summed E-state index contributed by atoms with van der Waals surface area (Å²) in [5, 5.41) is 17.4. The maximum absolute atomic E-state index is 12.7. The highest BCUT2D eigenvalue weighted by Gasteiger charge is 2.28. The Morgan fingerprint density at radius 2 is 0.787 bits per heavy atom. The average Bonchev–Trinajstić information content (AvgIpc) is 1.26. The van der Waals surface area contributed by atoms with Crippen LogP contribution in [0.15, 0.2) is 128 Å².